The van der Waals surface area contributed by atoms with Crippen molar-refractivity contribution >= 4 is 46.8 Å². The number of carbonyl (C=O) groups excluding carboxylic acids is 3. The third kappa shape index (κ3) is 7.79. The van der Waals surface area contributed by atoms with Crippen LogP contribution in [-0.2, 0) is 9.59 Å². The molecule has 0 aliphatic heterocycles. The van der Waals surface area contributed by atoms with Crippen molar-refractivity contribution in [1.29, 1.82) is 0 Å². The largest absolute Gasteiger partial charge is 0.355 e. The highest BCUT2D eigenvalue weighted by molar-refractivity contribution is 8.00. The summed E-state index contributed by atoms with van der Waals surface area (Å²) in [6.45, 7) is 2.36. The lowest BCUT2D eigenvalue weighted by Crippen LogP contribution is -2.33. The van der Waals surface area contributed by atoms with Crippen LogP contribution in [0.5, 0.6) is 0 Å². The monoisotopic (exact) mass is 487 g/mol. The van der Waals surface area contributed by atoms with Gasteiger partial charge in [-0.1, -0.05) is 49.1 Å². The van der Waals surface area contributed by atoms with E-state index in [0.717, 1.165) is 12.1 Å². The van der Waals surface area contributed by atoms with Crippen LogP contribution in [0.3, 0.4) is 0 Å². The van der Waals surface area contributed by atoms with E-state index >= 15 is 0 Å². The predicted octanol–water partition coefficient (Wildman–Crippen LogP) is 4.81. The second kappa shape index (κ2) is 12.7. The molecule has 33 heavy (non-hydrogen) atoms. The van der Waals surface area contributed by atoms with Crippen LogP contribution < -0.4 is 16.0 Å². The molecule has 0 heterocycles. The topological polar surface area (TPSA) is 87.3 Å². The van der Waals surface area contributed by atoms with Crippen molar-refractivity contribution < 1.29 is 14.4 Å². The molecule has 1 aliphatic carbocycles. The summed E-state index contributed by atoms with van der Waals surface area (Å²) in [6, 6.07) is 12.3. The predicted molar refractivity (Wildman–Crippen MR) is 134 cm³/mol. The Kier molecular flexibility index (Phi) is 9.63. The van der Waals surface area contributed by atoms with Gasteiger partial charge in [0.05, 0.1) is 17.9 Å². The first-order chi connectivity index (χ1) is 15.9. The van der Waals surface area contributed by atoms with E-state index in [0.29, 0.717) is 27.1 Å². The second-order valence-electron chi connectivity index (χ2n) is 8.24. The number of carbonyl (C=O) groups is 3. The Morgan fingerprint density at radius 2 is 1.73 bits per heavy atom. The quantitative estimate of drug-likeness (QED) is 0.443. The molecule has 1 saturated carbocycles. The minimum Gasteiger partial charge on any atom is -0.355 e. The first-order valence-corrected chi connectivity index (χ1v) is 12.6. The van der Waals surface area contributed by atoms with Crippen LogP contribution in [0.4, 0.5) is 5.69 Å². The van der Waals surface area contributed by atoms with E-state index in [4.69, 9.17) is 11.6 Å². The highest BCUT2D eigenvalue weighted by Gasteiger charge is 2.16. The molecule has 8 heteroatoms. The number of rotatable bonds is 9. The number of nitrogens with one attached hydrogen (secondary N) is 3. The highest BCUT2D eigenvalue weighted by atomic mass is 35.5. The zero-order chi connectivity index (χ0) is 23.6. The maximum absolute atomic E-state index is 12.7. The minimum absolute atomic E-state index is 0.0305. The number of anilines is 1. The molecule has 0 bridgehead atoms. The highest BCUT2D eigenvalue weighted by Crippen LogP contribution is 2.25. The van der Waals surface area contributed by atoms with Gasteiger partial charge in [0.25, 0.3) is 5.91 Å². The molecule has 0 unspecified atom stereocenters. The summed E-state index contributed by atoms with van der Waals surface area (Å²) in [6.07, 6.45) is 6.14. The van der Waals surface area contributed by atoms with Gasteiger partial charge in [-0.2, -0.15) is 0 Å². The fourth-order valence-corrected chi connectivity index (χ4v) is 4.87. The van der Waals surface area contributed by atoms with Crippen molar-refractivity contribution in [2.45, 2.75) is 43.9 Å². The molecule has 0 saturated heterocycles. The van der Waals surface area contributed by atoms with E-state index in [2.05, 4.69) is 16.0 Å². The Hall–Kier alpha value is -2.51. The van der Waals surface area contributed by atoms with Crippen LogP contribution in [0.2, 0.25) is 5.02 Å². The van der Waals surface area contributed by atoms with Gasteiger partial charge in [0.1, 0.15) is 0 Å². The van der Waals surface area contributed by atoms with E-state index in [1.54, 1.807) is 30.3 Å². The van der Waals surface area contributed by atoms with Gasteiger partial charge < -0.3 is 16.0 Å². The summed E-state index contributed by atoms with van der Waals surface area (Å²) in [4.78, 5) is 38.0. The molecule has 0 spiro atoms. The van der Waals surface area contributed by atoms with Gasteiger partial charge in [0.2, 0.25) is 11.8 Å². The molecule has 1 fully saturated rings. The van der Waals surface area contributed by atoms with Crippen molar-refractivity contribution in [3.8, 4) is 0 Å². The first kappa shape index (κ1) is 25.1. The van der Waals surface area contributed by atoms with Crippen LogP contribution in [0, 0.1) is 12.8 Å². The molecule has 176 valence electrons. The lowest BCUT2D eigenvalue weighted by molar-refractivity contribution is -0.118. The molecule has 3 amide bonds. The van der Waals surface area contributed by atoms with Crippen LogP contribution in [0.15, 0.2) is 47.4 Å². The molecular formula is C25H30ClN3O3S. The van der Waals surface area contributed by atoms with Gasteiger partial charge in [-0.3, -0.25) is 14.4 Å². The summed E-state index contributed by atoms with van der Waals surface area (Å²) in [5, 5.41) is 8.99. The van der Waals surface area contributed by atoms with Crippen LogP contribution in [0.1, 0.15) is 48.0 Å². The summed E-state index contributed by atoms with van der Waals surface area (Å²) in [5.74, 6) is 0.0789. The van der Waals surface area contributed by atoms with Gasteiger partial charge in [-0.15, -0.1) is 11.8 Å². The number of amides is 3. The Labute approximate surface area is 204 Å². The molecule has 2 aromatic carbocycles. The third-order valence-electron chi connectivity index (χ3n) is 5.75. The van der Waals surface area contributed by atoms with Gasteiger partial charge in [-0.25, -0.2) is 0 Å². The maximum atomic E-state index is 12.7. The van der Waals surface area contributed by atoms with E-state index in [-0.39, 0.29) is 30.0 Å². The molecule has 6 nitrogen and oxygen atoms in total. The lowest BCUT2D eigenvalue weighted by atomic mass is 9.89. The van der Waals surface area contributed by atoms with Gasteiger partial charge in [-0.05, 0) is 55.5 Å². The number of halogens is 1. The van der Waals surface area contributed by atoms with Gasteiger partial charge >= 0.3 is 0 Å². The third-order valence-corrected chi connectivity index (χ3v) is 7.24. The number of benzene rings is 2. The summed E-state index contributed by atoms with van der Waals surface area (Å²) in [5.41, 5.74) is 1.81. The zero-order valence-corrected chi connectivity index (χ0v) is 20.4. The summed E-state index contributed by atoms with van der Waals surface area (Å²) in [7, 11) is 0. The molecule has 0 atom stereocenters. The average molecular weight is 488 g/mol. The normalized spacial score (nSPS) is 13.9. The number of thioether (sulfide) groups is 1. The lowest BCUT2D eigenvalue weighted by Gasteiger charge is -2.21. The molecular weight excluding hydrogens is 458 g/mol. The molecule has 2 aromatic rings. The maximum Gasteiger partial charge on any atom is 0.252 e. The fourth-order valence-electron chi connectivity index (χ4n) is 3.82. The SMILES string of the molecule is Cc1c(Cl)cccc1NC(=O)CNC(=O)c1ccccc1SCC(=O)NCC1CCCCC1. The van der Waals surface area contributed by atoms with Crippen LogP contribution in [0.25, 0.3) is 0 Å². The molecule has 1 aliphatic rings. The van der Waals surface area contributed by atoms with E-state index in [1.165, 1.54) is 43.9 Å². The Balaban J connectivity index is 1.48. The first-order valence-electron chi connectivity index (χ1n) is 11.3. The van der Waals surface area contributed by atoms with Crippen LogP contribution in [-0.4, -0.2) is 36.6 Å². The van der Waals surface area contributed by atoms with E-state index < -0.39 is 0 Å². The Bertz CT molecular complexity index is 993. The van der Waals surface area contributed by atoms with Crippen molar-refractivity contribution in [3.63, 3.8) is 0 Å². The molecule has 0 radical (unpaired) electrons. The van der Waals surface area contributed by atoms with Crippen molar-refractivity contribution in [1.82, 2.24) is 10.6 Å². The van der Waals surface area contributed by atoms with E-state index in [1.807, 2.05) is 19.1 Å². The van der Waals surface area contributed by atoms with Gasteiger partial charge in [0, 0.05) is 22.2 Å². The van der Waals surface area contributed by atoms with Crippen molar-refractivity contribution in [2.75, 3.05) is 24.2 Å². The summed E-state index contributed by atoms with van der Waals surface area (Å²) >= 11 is 7.40. The van der Waals surface area contributed by atoms with Crippen LogP contribution >= 0.6 is 23.4 Å². The zero-order valence-electron chi connectivity index (χ0n) is 18.8. The fraction of sp³-hybridized carbons (Fsp3) is 0.400. The summed E-state index contributed by atoms with van der Waals surface area (Å²) < 4.78 is 0. The van der Waals surface area contributed by atoms with Crippen molar-refractivity contribution in [2.24, 2.45) is 5.92 Å². The number of hydrogen-bond acceptors (Lipinski definition) is 4. The number of hydrogen-bond donors (Lipinski definition) is 3. The average Bonchev–Trinajstić information content (AvgIpc) is 2.83. The molecule has 3 rings (SSSR count). The van der Waals surface area contributed by atoms with Gasteiger partial charge in [0.15, 0.2) is 0 Å². The molecule has 0 aromatic heterocycles. The Morgan fingerprint density at radius 3 is 2.52 bits per heavy atom. The standard InChI is InChI=1S/C25H30ClN3O3S/c1-17-20(26)11-7-12-21(17)29-23(30)15-28-25(32)19-10-5-6-13-22(19)33-16-24(31)27-14-18-8-3-2-4-9-18/h5-7,10-13,18H,2-4,8-9,14-16H2,1H3,(H,27,31)(H,28,32)(H,29,30). The van der Waals surface area contributed by atoms with Crippen molar-refractivity contribution in [3.05, 3.63) is 58.6 Å². The Morgan fingerprint density at radius 1 is 0.970 bits per heavy atom. The second-order valence-corrected chi connectivity index (χ2v) is 9.66. The van der Waals surface area contributed by atoms with E-state index in [9.17, 15) is 14.4 Å². The smallest absolute Gasteiger partial charge is 0.252 e. The minimum atomic E-state index is -0.362. The molecule has 3 N–H and O–H groups in total.